The number of thioether (sulfide) groups is 1. The van der Waals surface area contributed by atoms with Crippen molar-refractivity contribution in [1.29, 1.82) is 0 Å². The van der Waals surface area contributed by atoms with Crippen LogP contribution in [0.15, 0.2) is 15.9 Å². The van der Waals surface area contributed by atoms with E-state index in [1.165, 1.54) is 0 Å². The van der Waals surface area contributed by atoms with Crippen LogP contribution in [0.25, 0.3) is 0 Å². The number of carboxylic acid groups (broad SMARTS) is 1. The molecule has 14 heavy (non-hydrogen) atoms. The Kier molecular flexibility index (Phi) is 5.63. The molecular weight excluding hydrogens is 218 g/mol. The predicted molar refractivity (Wildman–Crippen MR) is 58.9 cm³/mol. The lowest BCUT2D eigenvalue weighted by molar-refractivity contribution is -0.137. The highest BCUT2D eigenvalue weighted by Crippen LogP contribution is 2.21. The van der Waals surface area contributed by atoms with Gasteiger partial charge in [0.1, 0.15) is 4.34 Å². The predicted octanol–water partition coefficient (Wildman–Crippen LogP) is 2.88. The normalized spacial score (nSPS) is 10.3. The Hall–Kier alpha value is -0.550. The SMILES string of the molecule is O=C(O)CCCCCSc1nccs1. The van der Waals surface area contributed by atoms with Crippen molar-refractivity contribution in [2.24, 2.45) is 0 Å². The molecule has 0 bridgehead atoms. The van der Waals surface area contributed by atoms with Crippen molar-refractivity contribution in [3.8, 4) is 0 Å². The molecule has 3 nitrogen and oxygen atoms in total. The fraction of sp³-hybridized carbons (Fsp3) is 0.556. The summed E-state index contributed by atoms with van der Waals surface area (Å²) < 4.78 is 1.10. The van der Waals surface area contributed by atoms with Gasteiger partial charge in [0.05, 0.1) is 0 Å². The van der Waals surface area contributed by atoms with Gasteiger partial charge < -0.3 is 5.11 Å². The average molecular weight is 231 g/mol. The smallest absolute Gasteiger partial charge is 0.303 e. The van der Waals surface area contributed by atoms with Crippen molar-refractivity contribution < 1.29 is 9.90 Å². The fourth-order valence-electron chi connectivity index (χ4n) is 0.996. The van der Waals surface area contributed by atoms with E-state index in [1.54, 1.807) is 29.3 Å². The van der Waals surface area contributed by atoms with Gasteiger partial charge in [-0.2, -0.15) is 0 Å². The van der Waals surface area contributed by atoms with Gasteiger partial charge in [-0.3, -0.25) is 4.79 Å². The van der Waals surface area contributed by atoms with Crippen molar-refractivity contribution in [3.63, 3.8) is 0 Å². The molecule has 1 aromatic heterocycles. The summed E-state index contributed by atoms with van der Waals surface area (Å²) in [6.07, 6.45) is 4.94. The lowest BCUT2D eigenvalue weighted by Crippen LogP contribution is -1.93. The van der Waals surface area contributed by atoms with Gasteiger partial charge in [0.25, 0.3) is 0 Å². The van der Waals surface area contributed by atoms with Crippen LogP contribution in [0.5, 0.6) is 0 Å². The molecule has 0 unspecified atom stereocenters. The molecule has 0 aliphatic rings. The molecule has 5 heteroatoms. The highest BCUT2D eigenvalue weighted by atomic mass is 32.2. The Morgan fingerprint density at radius 3 is 3.00 bits per heavy atom. The average Bonchev–Trinajstić information content (AvgIpc) is 2.63. The van der Waals surface area contributed by atoms with Crippen LogP contribution in [0.1, 0.15) is 25.7 Å². The zero-order valence-electron chi connectivity index (χ0n) is 7.81. The van der Waals surface area contributed by atoms with E-state index in [1.807, 2.05) is 5.38 Å². The first-order valence-electron chi connectivity index (χ1n) is 4.53. The maximum Gasteiger partial charge on any atom is 0.303 e. The minimum atomic E-state index is -0.697. The fourth-order valence-corrected chi connectivity index (χ4v) is 2.70. The Balaban J connectivity index is 1.92. The molecule has 0 saturated carbocycles. The molecule has 0 aliphatic carbocycles. The Morgan fingerprint density at radius 2 is 2.36 bits per heavy atom. The highest BCUT2D eigenvalue weighted by molar-refractivity contribution is 8.00. The Labute approximate surface area is 91.6 Å². The summed E-state index contributed by atoms with van der Waals surface area (Å²) >= 11 is 3.40. The molecule has 0 amide bonds. The van der Waals surface area contributed by atoms with Crippen LogP contribution in [0, 0.1) is 0 Å². The van der Waals surface area contributed by atoms with E-state index >= 15 is 0 Å². The number of thiazole rings is 1. The third kappa shape index (κ3) is 5.24. The molecule has 0 radical (unpaired) electrons. The lowest BCUT2D eigenvalue weighted by atomic mass is 10.2. The van der Waals surface area contributed by atoms with Gasteiger partial charge in [-0.25, -0.2) is 4.98 Å². The molecule has 0 aliphatic heterocycles. The van der Waals surface area contributed by atoms with Gasteiger partial charge >= 0.3 is 5.97 Å². The van der Waals surface area contributed by atoms with Gasteiger partial charge in [-0.1, -0.05) is 18.2 Å². The van der Waals surface area contributed by atoms with E-state index in [9.17, 15) is 4.79 Å². The maximum atomic E-state index is 10.2. The summed E-state index contributed by atoms with van der Waals surface area (Å²) in [5.41, 5.74) is 0. The number of unbranched alkanes of at least 4 members (excludes halogenated alkanes) is 2. The summed E-state index contributed by atoms with van der Waals surface area (Å²) in [5, 5.41) is 10.4. The van der Waals surface area contributed by atoms with Crippen molar-refractivity contribution >= 4 is 29.1 Å². The first kappa shape index (κ1) is 11.5. The van der Waals surface area contributed by atoms with E-state index < -0.39 is 5.97 Å². The second kappa shape index (κ2) is 6.84. The number of rotatable bonds is 7. The minimum absolute atomic E-state index is 0.294. The number of carbonyl (C=O) groups is 1. The second-order valence-corrected chi connectivity index (χ2v) is 5.09. The minimum Gasteiger partial charge on any atom is -0.481 e. The highest BCUT2D eigenvalue weighted by Gasteiger charge is 1.98. The zero-order chi connectivity index (χ0) is 10.2. The van der Waals surface area contributed by atoms with Crippen LogP contribution < -0.4 is 0 Å². The Bertz CT molecular complexity index is 262. The topological polar surface area (TPSA) is 50.2 Å². The third-order valence-corrected chi connectivity index (χ3v) is 3.72. The first-order valence-corrected chi connectivity index (χ1v) is 6.39. The van der Waals surface area contributed by atoms with Crippen molar-refractivity contribution in [2.75, 3.05) is 5.75 Å². The van der Waals surface area contributed by atoms with Gasteiger partial charge in [0.15, 0.2) is 0 Å². The largest absolute Gasteiger partial charge is 0.481 e. The van der Waals surface area contributed by atoms with Gasteiger partial charge in [-0.05, 0) is 12.8 Å². The Morgan fingerprint density at radius 1 is 1.50 bits per heavy atom. The molecule has 1 rings (SSSR count). The summed E-state index contributed by atoms with van der Waals surface area (Å²) in [4.78, 5) is 14.4. The molecule has 0 spiro atoms. The summed E-state index contributed by atoms with van der Waals surface area (Å²) in [5.74, 6) is 0.338. The number of hydrogen-bond donors (Lipinski definition) is 1. The van der Waals surface area contributed by atoms with E-state index in [-0.39, 0.29) is 0 Å². The molecular formula is C9H13NO2S2. The van der Waals surface area contributed by atoms with Crippen LogP contribution in [0.2, 0.25) is 0 Å². The molecule has 1 N–H and O–H groups in total. The number of nitrogens with zero attached hydrogens (tertiary/aromatic N) is 1. The summed E-state index contributed by atoms with van der Waals surface area (Å²) in [6.45, 7) is 0. The molecule has 78 valence electrons. The van der Waals surface area contributed by atoms with Crippen LogP contribution in [-0.4, -0.2) is 21.8 Å². The number of hydrogen-bond acceptors (Lipinski definition) is 4. The second-order valence-electron chi connectivity index (χ2n) is 2.85. The van der Waals surface area contributed by atoms with Gasteiger partial charge in [0, 0.05) is 23.8 Å². The first-order chi connectivity index (χ1) is 6.79. The monoisotopic (exact) mass is 231 g/mol. The van der Waals surface area contributed by atoms with Gasteiger partial charge in [-0.15, -0.1) is 11.3 Å². The number of aromatic nitrogens is 1. The molecule has 0 aromatic carbocycles. The summed E-state index contributed by atoms with van der Waals surface area (Å²) in [6, 6.07) is 0. The van der Waals surface area contributed by atoms with E-state index in [0.717, 1.165) is 29.4 Å². The van der Waals surface area contributed by atoms with Gasteiger partial charge in [0.2, 0.25) is 0 Å². The van der Waals surface area contributed by atoms with Crippen molar-refractivity contribution in [3.05, 3.63) is 11.6 Å². The van der Waals surface area contributed by atoms with Crippen LogP contribution in [0.4, 0.5) is 0 Å². The molecule has 0 fully saturated rings. The quantitative estimate of drug-likeness (QED) is 0.579. The molecule has 0 saturated heterocycles. The van der Waals surface area contributed by atoms with E-state index in [2.05, 4.69) is 4.98 Å². The maximum absolute atomic E-state index is 10.2. The lowest BCUT2D eigenvalue weighted by Gasteiger charge is -1.97. The number of aliphatic carboxylic acids is 1. The molecule has 1 aromatic rings. The summed E-state index contributed by atoms with van der Waals surface area (Å²) in [7, 11) is 0. The third-order valence-electron chi connectivity index (χ3n) is 1.67. The molecule has 0 atom stereocenters. The van der Waals surface area contributed by atoms with Crippen molar-refractivity contribution in [1.82, 2.24) is 4.98 Å². The molecule has 1 heterocycles. The van der Waals surface area contributed by atoms with Crippen LogP contribution in [0.3, 0.4) is 0 Å². The number of carboxylic acids is 1. The van der Waals surface area contributed by atoms with Crippen LogP contribution in [-0.2, 0) is 4.79 Å². The van der Waals surface area contributed by atoms with E-state index in [0.29, 0.717) is 6.42 Å². The zero-order valence-corrected chi connectivity index (χ0v) is 9.44. The standard InChI is InChI=1S/C9H13NO2S2/c11-8(12)4-2-1-3-6-13-9-10-5-7-14-9/h5,7H,1-4,6H2,(H,11,12). The van der Waals surface area contributed by atoms with Crippen LogP contribution >= 0.6 is 23.1 Å². The van der Waals surface area contributed by atoms with Crippen molar-refractivity contribution in [2.45, 2.75) is 30.0 Å². The van der Waals surface area contributed by atoms with E-state index in [4.69, 9.17) is 5.11 Å².